The first-order valence-electron chi connectivity index (χ1n) is 12.6. The van der Waals surface area contributed by atoms with Gasteiger partial charge in [-0.3, -0.25) is 14.2 Å². The van der Waals surface area contributed by atoms with Crippen LogP contribution in [-0.4, -0.2) is 43.9 Å². The Kier molecular flexibility index (Phi) is 8.73. The summed E-state index contributed by atoms with van der Waals surface area (Å²) < 4.78 is 29.0. The number of esters is 2. The largest absolute Gasteiger partial charge is 0.493 e. The number of hydrogen-bond donors (Lipinski definition) is 0. The van der Waals surface area contributed by atoms with Crippen LogP contribution in [0.2, 0.25) is 0 Å². The van der Waals surface area contributed by atoms with E-state index in [4.69, 9.17) is 23.7 Å². The summed E-state index contributed by atoms with van der Waals surface area (Å²) >= 11 is 1.20. The third-order valence-electron chi connectivity index (χ3n) is 6.06. The fourth-order valence-corrected chi connectivity index (χ4v) is 5.45. The summed E-state index contributed by atoms with van der Waals surface area (Å²) in [6, 6.07) is 9.47. The van der Waals surface area contributed by atoms with Crippen LogP contribution in [0.15, 0.2) is 57.5 Å². The van der Waals surface area contributed by atoms with E-state index in [1.165, 1.54) is 37.0 Å². The number of benzene rings is 2. The zero-order chi connectivity index (χ0) is 29.0. The van der Waals surface area contributed by atoms with E-state index in [2.05, 4.69) is 4.99 Å². The van der Waals surface area contributed by atoms with E-state index < -0.39 is 18.0 Å². The highest BCUT2D eigenvalue weighted by atomic mass is 32.1. The second-order valence-corrected chi connectivity index (χ2v) is 9.66. The Bertz CT molecular complexity index is 1670. The summed E-state index contributed by atoms with van der Waals surface area (Å²) in [7, 11) is 3.05. The van der Waals surface area contributed by atoms with Gasteiger partial charge in [0, 0.05) is 6.92 Å². The van der Waals surface area contributed by atoms with Gasteiger partial charge >= 0.3 is 11.9 Å². The molecule has 0 saturated heterocycles. The Morgan fingerprint density at radius 3 is 2.38 bits per heavy atom. The molecule has 0 radical (unpaired) electrons. The zero-order valence-corrected chi connectivity index (χ0v) is 23.9. The number of rotatable bonds is 9. The highest BCUT2D eigenvalue weighted by Gasteiger charge is 2.34. The molecule has 2 aromatic carbocycles. The van der Waals surface area contributed by atoms with Crippen molar-refractivity contribution in [2.24, 2.45) is 4.99 Å². The van der Waals surface area contributed by atoms with E-state index in [1.807, 2.05) is 6.92 Å². The number of nitrogens with zero attached hydrogens (tertiary/aromatic N) is 2. The molecular formula is C29H30N2O8S. The maximum Gasteiger partial charge on any atom is 0.338 e. The SMILES string of the molecule is CCOC(=O)C1=C(C)N=c2s/c(=C\c3ccc(OC(C)=O)c(OCC)c3)c(=O)n2C1c1ccc(OC)c(OC)c1. The molecule has 4 rings (SSSR count). The average Bonchev–Trinajstić information content (AvgIpc) is 3.22. The lowest BCUT2D eigenvalue weighted by atomic mass is 9.95. The van der Waals surface area contributed by atoms with Crippen molar-refractivity contribution in [1.29, 1.82) is 0 Å². The van der Waals surface area contributed by atoms with Crippen molar-refractivity contribution in [2.45, 2.75) is 33.7 Å². The summed E-state index contributed by atoms with van der Waals surface area (Å²) in [5.41, 5.74) is 1.67. The van der Waals surface area contributed by atoms with Crippen molar-refractivity contribution in [3.8, 4) is 23.0 Å². The minimum atomic E-state index is -0.803. The molecule has 40 heavy (non-hydrogen) atoms. The van der Waals surface area contributed by atoms with Gasteiger partial charge in [0.05, 0.1) is 49.3 Å². The Balaban J connectivity index is 1.91. The summed E-state index contributed by atoms with van der Waals surface area (Å²) in [5.74, 6) is 0.611. The standard InChI is InChI=1S/C29H30N2O8S/c1-7-37-23-13-18(9-11-21(23)39-17(4)32)14-24-27(33)31-26(19-10-12-20(35-5)22(15-19)36-6)25(28(34)38-8-2)16(3)30-29(31)40-24/h9-15,26H,7-8H2,1-6H3/b24-14-. The van der Waals surface area contributed by atoms with Crippen LogP contribution < -0.4 is 33.8 Å². The Labute approximate surface area is 234 Å². The molecule has 0 fully saturated rings. The first kappa shape index (κ1) is 28.6. The van der Waals surface area contributed by atoms with E-state index in [0.29, 0.717) is 50.0 Å². The summed E-state index contributed by atoms with van der Waals surface area (Å²) in [6.45, 7) is 7.11. The second kappa shape index (κ2) is 12.2. The maximum absolute atomic E-state index is 13.9. The van der Waals surface area contributed by atoms with Gasteiger partial charge in [-0.2, -0.15) is 0 Å². The van der Waals surface area contributed by atoms with E-state index >= 15 is 0 Å². The van der Waals surface area contributed by atoms with Gasteiger partial charge in [-0.25, -0.2) is 9.79 Å². The van der Waals surface area contributed by atoms with E-state index in [9.17, 15) is 14.4 Å². The molecule has 210 valence electrons. The lowest BCUT2D eigenvalue weighted by molar-refractivity contribution is -0.139. The second-order valence-electron chi connectivity index (χ2n) is 8.65. The lowest BCUT2D eigenvalue weighted by Gasteiger charge is -2.25. The van der Waals surface area contributed by atoms with Gasteiger partial charge in [0.1, 0.15) is 0 Å². The van der Waals surface area contributed by atoms with Gasteiger partial charge < -0.3 is 23.7 Å². The molecule has 0 saturated carbocycles. The molecule has 0 amide bonds. The van der Waals surface area contributed by atoms with Gasteiger partial charge in [-0.05, 0) is 62.2 Å². The molecule has 0 N–H and O–H groups in total. The van der Waals surface area contributed by atoms with Crippen LogP contribution >= 0.6 is 11.3 Å². The molecular weight excluding hydrogens is 536 g/mol. The fourth-order valence-electron chi connectivity index (χ4n) is 4.40. The summed E-state index contributed by atoms with van der Waals surface area (Å²) in [6.07, 6.45) is 1.71. The number of ether oxygens (including phenoxy) is 5. The number of hydrogen-bond acceptors (Lipinski definition) is 10. The molecule has 1 aliphatic heterocycles. The molecule has 1 atom stereocenters. The van der Waals surface area contributed by atoms with Crippen LogP contribution in [-0.2, 0) is 14.3 Å². The van der Waals surface area contributed by atoms with Crippen molar-refractivity contribution in [3.63, 3.8) is 0 Å². The molecule has 0 aliphatic carbocycles. The average molecular weight is 567 g/mol. The molecule has 1 unspecified atom stereocenters. The number of carbonyl (C=O) groups is 2. The number of aromatic nitrogens is 1. The predicted molar refractivity (Wildman–Crippen MR) is 149 cm³/mol. The first-order chi connectivity index (χ1) is 19.2. The van der Waals surface area contributed by atoms with Crippen LogP contribution in [0.3, 0.4) is 0 Å². The van der Waals surface area contributed by atoms with Crippen LogP contribution in [0.1, 0.15) is 44.9 Å². The number of methoxy groups -OCH3 is 2. The van der Waals surface area contributed by atoms with E-state index in [1.54, 1.807) is 56.3 Å². The summed E-state index contributed by atoms with van der Waals surface area (Å²) in [4.78, 5) is 43.5. The maximum atomic E-state index is 13.9. The zero-order valence-electron chi connectivity index (χ0n) is 23.1. The minimum absolute atomic E-state index is 0.171. The molecule has 1 aliphatic rings. The van der Waals surface area contributed by atoms with Crippen LogP contribution in [0.25, 0.3) is 6.08 Å². The fraction of sp³-hybridized carbons (Fsp3) is 0.310. The van der Waals surface area contributed by atoms with E-state index in [0.717, 1.165) is 0 Å². The van der Waals surface area contributed by atoms with Crippen molar-refractivity contribution >= 4 is 29.4 Å². The van der Waals surface area contributed by atoms with Crippen LogP contribution in [0.5, 0.6) is 23.0 Å². The molecule has 11 heteroatoms. The van der Waals surface area contributed by atoms with Gasteiger partial charge in [0.15, 0.2) is 27.8 Å². The van der Waals surface area contributed by atoms with Gasteiger partial charge in [-0.1, -0.05) is 23.5 Å². The lowest BCUT2D eigenvalue weighted by Crippen LogP contribution is -2.39. The Hall–Kier alpha value is -4.38. The normalized spacial score (nSPS) is 14.8. The monoisotopic (exact) mass is 566 g/mol. The third kappa shape index (κ3) is 5.64. The van der Waals surface area contributed by atoms with Gasteiger partial charge in [0.25, 0.3) is 5.56 Å². The number of allylic oxidation sites excluding steroid dienone is 1. The Morgan fingerprint density at radius 1 is 1.00 bits per heavy atom. The summed E-state index contributed by atoms with van der Waals surface area (Å²) in [5, 5.41) is 0. The van der Waals surface area contributed by atoms with Gasteiger partial charge in [0.2, 0.25) is 0 Å². The molecule has 10 nitrogen and oxygen atoms in total. The van der Waals surface area contributed by atoms with Crippen LogP contribution in [0.4, 0.5) is 0 Å². The highest BCUT2D eigenvalue weighted by molar-refractivity contribution is 7.07. The highest BCUT2D eigenvalue weighted by Crippen LogP contribution is 2.36. The smallest absolute Gasteiger partial charge is 0.338 e. The molecule has 2 heterocycles. The quantitative estimate of drug-likeness (QED) is 0.287. The van der Waals surface area contributed by atoms with Gasteiger partial charge in [-0.15, -0.1) is 0 Å². The molecule has 3 aromatic rings. The van der Waals surface area contributed by atoms with Crippen molar-refractivity contribution < 1.29 is 33.3 Å². The third-order valence-corrected chi connectivity index (χ3v) is 7.04. The van der Waals surface area contributed by atoms with Crippen molar-refractivity contribution in [1.82, 2.24) is 4.57 Å². The van der Waals surface area contributed by atoms with E-state index in [-0.39, 0.29) is 23.5 Å². The molecule has 0 bridgehead atoms. The minimum Gasteiger partial charge on any atom is -0.493 e. The first-order valence-corrected chi connectivity index (χ1v) is 13.4. The van der Waals surface area contributed by atoms with Crippen molar-refractivity contribution in [2.75, 3.05) is 27.4 Å². The topological polar surface area (TPSA) is 115 Å². The number of carbonyl (C=O) groups excluding carboxylic acids is 2. The predicted octanol–water partition coefficient (Wildman–Crippen LogP) is 3.14. The van der Waals surface area contributed by atoms with Crippen molar-refractivity contribution in [3.05, 3.63) is 78.5 Å². The molecule has 0 spiro atoms. The Morgan fingerprint density at radius 2 is 1.73 bits per heavy atom. The van der Waals surface area contributed by atoms with Crippen LogP contribution in [0, 0.1) is 0 Å². The number of fused-ring (bicyclic) bond motifs is 1. The number of thiazole rings is 1. The molecule has 1 aromatic heterocycles.